The van der Waals surface area contributed by atoms with Crippen molar-refractivity contribution in [3.05, 3.63) is 81.2 Å². The number of halogens is 2. The van der Waals surface area contributed by atoms with Gasteiger partial charge in [0.1, 0.15) is 47.9 Å². The molecule has 0 radical (unpaired) electrons. The summed E-state index contributed by atoms with van der Waals surface area (Å²) >= 11 is 12.3. The molecule has 6 N–H and O–H groups in total. The van der Waals surface area contributed by atoms with Crippen LogP contribution in [-0.4, -0.2) is 11.7 Å². The Labute approximate surface area is 177 Å². The zero-order valence-electron chi connectivity index (χ0n) is 15.2. The second-order valence-corrected chi connectivity index (χ2v) is 6.88. The van der Waals surface area contributed by atoms with Gasteiger partial charge in [0.15, 0.2) is 0 Å². The molecule has 9 heteroatoms. The summed E-state index contributed by atoms with van der Waals surface area (Å²) in [7, 11) is 0. The smallest absolute Gasteiger partial charge is 0.146 e. The van der Waals surface area contributed by atoms with Gasteiger partial charge in [-0.15, -0.1) is 0 Å². The van der Waals surface area contributed by atoms with Gasteiger partial charge in [0, 0.05) is 11.1 Å². The van der Waals surface area contributed by atoms with Gasteiger partial charge in [-0.2, -0.15) is 0 Å². The lowest BCUT2D eigenvalue weighted by Crippen LogP contribution is -2.10. The van der Waals surface area contributed by atoms with Gasteiger partial charge in [-0.05, 0) is 48.5 Å². The number of ether oxygens (including phenoxy) is 2. The van der Waals surface area contributed by atoms with E-state index < -0.39 is 0 Å². The first-order chi connectivity index (χ1) is 13.8. The molecule has 0 aliphatic heterocycles. The van der Waals surface area contributed by atoms with Crippen LogP contribution in [0, 0.1) is 10.8 Å². The Hall–Kier alpha value is -3.16. The quantitative estimate of drug-likeness (QED) is 0.311. The minimum absolute atomic E-state index is 0.0647. The summed E-state index contributed by atoms with van der Waals surface area (Å²) in [6, 6.07) is 13.3. The zero-order chi connectivity index (χ0) is 21.0. The van der Waals surface area contributed by atoms with E-state index in [9.17, 15) is 0 Å². The third kappa shape index (κ3) is 5.22. The van der Waals surface area contributed by atoms with Crippen molar-refractivity contribution in [3.63, 3.8) is 0 Å². The van der Waals surface area contributed by atoms with Gasteiger partial charge in [0.05, 0.1) is 10.0 Å². The number of rotatable bonds is 8. The van der Waals surface area contributed by atoms with Gasteiger partial charge >= 0.3 is 0 Å². The number of hydrogen-bond donors (Lipinski definition) is 4. The summed E-state index contributed by atoms with van der Waals surface area (Å²) in [5.41, 5.74) is 11.9. The molecule has 0 amide bonds. The summed E-state index contributed by atoms with van der Waals surface area (Å²) in [4.78, 5) is 0. The number of nitrogens with one attached hydrogen (secondary N) is 2. The molecule has 0 aliphatic carbocycles. The van der Waals surface area contributed by atoms with E-state index in [1.807, 2.05) is 0 Å². The standard InChI is InChI=1S/C20H18Cl2N4O3/c21-15-7-11(19(23)24)1-5-17(15)27-9-13-3-4-14(29-13)10-28-18-6-2-12(20(25)26)8-16(18)22/h1-8H,9-10H2,(H3,23,24)(H3,25,26). The van der Waals surface area contributed by atoms with E-state index in [1.54, 1.807) is 48.5 Å². The Morgan fingerprint density at radius 2 is 1.17 bits per heavy atom. The SMILES string of the molecule is N=C(N)c1ccc(OCc2ccc(COc3ccc(C(=N)N)cc3Cl)o2)c(Cl)c1. The number of benzene rings is 2. The summed E-state index contributed by atoms with van der Waals surface area (Å²) in [6.45, 7) is 0.348. The largest absolute Gasteiger partial charge is 0.484 e. The number of nitrogen functional groups attached to an aromatic ring is 2. The molecule has 0 bridgehead atoms. The van der Waals surface area contributed by atoms with E-state index in [0.717, 1.165) is 0 Å². The zero-order valence-corrected chi connectivity index (χ0v) is 16.7. The molecule has 1 heterocycles. The minimum atomic E-state index is -0.0647. The molecule has 7 nitrogen and oxygen atoms in total. The Balaban J connectivity index is 1.57. The molecule has 2 aromatic carbocycles. The molecule has 0 aliphatic rings. The van der Waals surface area contributed by atoms with Crippen LogP contribution in [0.2, 0.25) is 10.0 Å². The van der Waals surface area contributed by atoms with Crippen molar-refractivity contribution in [2.75, 3.05) is 0 Å². The lowest BCUT2D eigenvalue weighted by atomic mass is 10.2. The second kappa shape index (κ2) is 8.89. The maximum atomic E-state index is 7.41. The van der Waals surface area contributed by atoms with Crippen molar-refractivity contribution in [3.8, 4) is 11.5 Å². The average molecular weight is 433 g/mol. The lowest BCUT2D eigenvalue weighted by molar-refractivity contribution is 0.238. The molecule has 3 rings (SSSR count). The fourth-order valence-corrected chi connectivity index (χ4v) is 2.92. The number of furan rings is 1. The summed E-state index contributed by atoms with van der Waals surface area (Å²) < 4.78 is 17.0. The molecule has 0 spiro atoms. The molecule has 0 unspecified atom stereocenters. The third-order valence-corrected chi connectivity index (χ3v) is 4.53. The Kier molecular flexibility index (Phi) is 6.31. The maximum Gasteiger partial charge on any atom is 0.146 e. The van der Waals surface area contributed by atoms with Crippen LogP contribution in [0.3, 0.4) is 0 Å². The molecule has 1 aromatic heterocycles. The van der Waals surface area contributed by atoms with Crippen molar-refractivity contribution < 1.29 is 13.9 Å². The predicted octanol–water partition coefficient (Wildman–Crippen LogP) is 4.31. The van der Waals surface area contributed by atoms with Crippen LogP contribution in [0.5, 0.6) is 11.5 Å². The van der Waals surface area contributed by atoms with E-state index in [1.165, 1.54) is 0 Å². The molecule has 0 saturated carbocycles. The van der Waals surface area contributed by atoms with Crippen molar-refractivity contribution in [2.24, 2.45) is 11.5 Å². The van der Waals surface area contributed by atoms with Crippen LogP contribution in [-0.2, 0) is 13.2 Å². The van der Waals surface area contributed by atoms with Gasteiger partial charge in [0.25, 0.3) is 0 Å². The Bertz CT molecular complexity index is 984. The number of hydrogen-bond acceptors (Lipinski definition) is 5. The molecule has 150 valence electrons. The molecular weight excluding hydrogens is 415 g/mol. The van der Waals surface area contributed by atoms with Crippen molar-refractivity contribution in [1.82, 2.24) is 0 Å². The van der Waals surface area contributed by atoms with Crippen molar-refractivity contribution >= 4 is 34.9 Å². The molecule has 29 heavy (non-hydrogen) atoms. The van der Waals surface area contributed by atoms with Gasteiger partial charge < -0.3 is 25.4 Å². The highest BCUT2D eigenvalue weighted by Crippen LogP contribution is 2.28. The first-order valence-corrected chi connectivity index (χ1v) is 9.20. The van der Waals surface area contributed by atoms with Crippen molar-refractivity contribution in [2.45, 2.75) is 13.2 Å². The van der Waals surface area contributed by atoms with E-state index >= 15 is 0 Å². The summed E-state index contributed by atoms with van der Waals surface area (Å²) in [5.74, 6) is 1.98. The highest BCUT2D eigenvalue weighted by atomic mass is 35.5. The van der Waals surface area contributed by atoms with Gasteiger partial charge in [0.2, 0.25) is 0 Å². The maximum absolute atomic E-state index is 7.41. The van der Waals surface area contributed by atoms with E-state index in [-0.39, 0.29) is 24.9 Å². The number of nitrogens with two attached hydrogens (primary N) is 2. The normalized spacial score (nSPS) is 10.6. The monoisotopic (exact) mass is 432 g/mol. The van der Waals surface area contributed by atoms with Crippen LogP contribution >= 0.6 is 23.2 Å². The Morgan fingerprint density at radius 1 is 0.759 bits per heavy atom. The van der Waals surface area contributed by atoms with E-state index in [4.69, 9.17) is 59.4 Å². The lowest BCUT2D eigenvalue weighted by Gasteiger charge is -2.09. The van der Waals surface area contributed by atoms with Crippen LogP contribution < -0.4 is 20.9 Å². The predicted molar refractivity (Wildman–Crippen MR) is 112 cm³/mol. The topological polar surface area (TPSA) is 131 Å². The van der Waals surface area contributed by atoms with Crippen LogP contribution in [0.1, 0.15) is 22.6 Å². The Morgan fingerprint density at radius 3 is 1.52 bits per heavy atom. The highest BCUT2D eigenvalue weighted by Gasteiger charge is 2.10. The average Bonchev–Trinajstić information content (AvgIpc) is 3.13. The van der Waals surface area contributed by atoms with Crippen LogP contribution in [0.4, 0.5) is 0 Å². The first kappa shape index (κ1) is 20.6. The molecule has 0 fully saturated rings. The van der Waals surface area contributed by atoms with Crippen LogP contribution in [0.25, 0.3) is 0 Å². The highest BCUT2D eigenvalue weighted by molar-refractivity contribution is 6.32. The van der Waals surface area contributed by atoms with E-state index in [2.05, 4.69) is 0 Å². The second-order valence-electron chi connectivity index (χ2n) is 6.06. The molecule has 0 atom stereocenters. The molecule has 0 saturated heterocycles. The number of amidine groups is 2. The van der Waals surface area contributed by atoms with Crippen LogP contribution in [0.15, 0.2) is 52.9 Å². The third-order valence-electron chi connectivity index (χ3n) is 3.94. The fourth-order valence-electron chi connectivity index (χ4n) is 2.45. The van der Waals surface area contributed by atoms with Gasteiger partial charge in [-0.3, -0.25) is 10.8 Å². The van der Waals surface area contributed by atoms with Gasteiger partial charge in [-0.1, -0.05) is 23.2 Å². The first-order valence-electron chi connectivity index (χ1n) is 8.44. The minimum Gasteiger partial charge on any atom is -0.484 e. The summed E-state index contributed by atoms with van der Waals surface area (Å²) in [6.07, 6.45) is 0. The van der Waals surface area contributed by atoms with Crippen molar-refractivity contribution in [1.29, 1.82) is 10.8 Å². The molecule has 3 aromatic rings. The molecular formula is C20H18Cl2N4O3. The van der Waals surface area contributed by atoms with Gasteiger partial charge in [-0.25, -0.2) is 0 Å². The summed E-state index contributed by atoms with van der Waals surface area (Å²) in [5, 5.41) is 15.5. The van der Waals surface area contributed by atoms with E-state index in [0.29, 0.717) is 44.2 Å². The fraction of sp³-hybridized carbons (Fsp3) is 0.100.